The molecule has 1 aliphatic rings. The van der Waals surface area contributed by atoms with Crippen molar-refractivity contribution in [3.63, 3.8) is 0 Å². The molecule has 0 bridgehead atoms. The lowest BCUT2D eigenvalue weighted by atomic mass is 9.69. The Morgan fingerprint density at radius 1 is 1.38 bits per heavy atom. The molecule has 0 radical (unpaired) electrons. The summed E-state index contributed by atoms with van der Waals surface area (Å²) in [5, 5.41) is 14.8. The van der Waals surface area contributed by atoms with Crippen LogP contribution in [-0.2, 0) is 9.59 Å². The molecule has 1 aliphatic carbocycles. The second kappa shape index (κ2) is 7.02. The molecule has 0 aromatic carbocycles. The van der Waals surface area contributed by atoms with E-state index in [1.165, 1.54) is 11.3 Å². The molecular weight excluding hydrogens is 288 g/mol. The van der Waals surface area contributed by atoms with Crippen LogP contribution in [0.3, 0.4) is 0 Å². The summed E-state index contributed by atoms with van der Waals surface area (Å²) >= 11 is 1.51. The number of thiazole rings is 1. The average Bonchev–Trinajstić information content (AvgIpc) is 2.92. The maximum atomic E-state index is 12.3. The van der Waals surface area contributed by atoms with Gasteiger partial charge in [0.15, 0.2) is 0 Å². The summed E-state index contributed by atoms with van der Waals surface area (Å²) in [7, 11) is 0. The third-order valence-corrected chi connectivity index (χ3v) is 5.13. The molecule has 1 amide bonds. The van der Waals surface area contributed by atoms with Crippen LogP contribution in [0, 0.1) is 5.41 Å². The summed E-state index contributed by atoms with van der Waals surface area (Å²) in [6.45, 7) is 1.90. The number of hydrogen-bond donors (Lipinski definition) is 2. The van der Waals surface area contributed by atoms with Crippen LogP contribution in [0.15, 0.2) is 11.6 Å². The minimum absolute atomic E-state index is 0.0687. The molecule has 0 saturated heterocycles. The fraction of sp³-hybridized carbons (Fsp3) is 0.667. The molecule has 1 atom stereocenters. The number of aromatic nitrogens is 1. The molecular formula is C15H22N2O3S. The lowest BCUT2D eigenvalue weighted by Gasteiger charge is -2.35. The lowest BCUT2D eigenvalue weighted by Crippen LogP contribution is -2.36. The van der Waals surface area contributed by atoms with E-state index in [4.69, 9.17) is 5.11 Å². The maximum Gasteiger partial charge on any atom is 0.303 e. The standard InChI is InChI=1S/C15H22N2O3S/c1-11(14-16-7-8-21-14)17-12(18)9-15(10-13(19)20)5-3-2-4-6-15/h7-8,11H,2-6,9-10H2,1H3,(H,17,18)(H,19,20). The van der Waals surface area contributed by atoms with E-state index >= 15 is 0 Å². The minimum atomic E-state index is -0.808. The van der Waals surface area contributed by atoms with Crippen molar-refractivity contribution >= 4 is 23.2 Å². The zero-order valence-electron chi connectivity index (χ0n) is 12.3. The van der Waals surface area contributed by atoms with Crippen LogP contribution in [0.4, 0.5) is 0 Å². The van der Waals surface area contributed by atoms with Crippen LogP contribution in [0.25, 0.3) is 0 Å². The summed E-state index contributed by atoms with van der Waals surface area (Å²) in [4.78, 5) is 27.6. The van der Waals surface area contributed by atoms with Gasteiger partial charge in [-0.15, -0.1) is 11.3 Å². The van der Waals surface area contributed by atoms with E-state index in [1.807, 2.05) is 12.3 Å². The summed E-state index contributed by atoms with van der Waals surface area (Å²) in [5.41, 5.74) is -0.364. The van der Waals surface area contributed by atoms with Crippen molar-refractivity contribution in [3.05, 3.63) is 16.6 Å². The normalized spacial score (nSPS) is 18.9. The van der Waals surface area contributed by atoms with Gasteiger partial charge in [-0.3, -0.25) is 9.59 Å². The highest BCUT2D eigenvalue weighted by molar-refractivity contribution is 7.09. The predicted octanol–water partition coefficient (Wildman–Crippen LogP) is 3.14. The fourth-order valence-electron chi connectivity index (χ4n) is 3.18. The van der Waals surface area contributed by atoms with Gasteiger partial charge in [0.1, 0.15) is 5.01 Å². The molecule has 1 aromatic rings. The Labute approximate surface area is 128 Å². The van der Waals surface area contributed by atoms with E-state index in [1.54, 1.807) is 6.20 Å². The highest BCUT2D eigenvalue weighted by Crippen LogP contribution is 2.42. The van der Waals surface area contributed by atoms with Crippen molar-refractivity contribution < 1.29 is 14.7 Å². The minimum Gasteiger partial charge on any atom is -0.481 e. The van der Waals surface area contributed by atoms with Gasteiger partial charge >= 0.3 is 5.97 Å². The Bertz CT molecular complexity index is 481. The van der Waals surface area contributed by atoms with E-state index in [9.17, 15) is 9.59 Å². The van der Waals surface area contributed by atoms with E-state index in [-0.39, 0.29) is 23.8 Å². The van der Waals surface area contributed by atoms with E-state index in [0.717, 1.165) is 37.1 Å². The number of carbonyl (C=O) groups is 2. The number of carboxylic acid groups (broad SMARTS) is 1. The molecule has 1 saturated carbocycles. The van der Waals surface area contributed by atoms with Crippen molar-refractivity contribution in [2.75, 3.05) is 0 Å². The number of nitrogens with zero attached hydrogens (tertiary/aromatic N) is 1. The molecule has 1 fully saturated rings. The molecule has 0 aliphatic heterocycles. The quantitative estimate of drug-likeness (QED) is 0.846. The monoisotopic (exact) mass is 310 g/mol. The Hall–Kier alpha value is -1.43. The van der Waals surface area contributed by atoms with Crippen molar-refractivity contribution in [3.8, 4) is 0 Å². The Balaban J connectivity index is 1.96. The smallest absolute Gasteiger partial charge is 0.303 e. The van der Waals surface area contributed by atoms with Gasteiger partial charge in [0.2, 0.25) is 5.91 Å². The molecule has 5 nitrogen and oxygen atoms in total. The highest BCUT2D eigenvalue weighted by atomic mass is 32.1. The highest BCUT2D eigenvalue weighted by Gasteiger charge is 2.36. The van der Waals surface area contributed by atoms with Crippen LogP contribution in [-0.4, -0.2) is 22.0 Å². The van der Waals surface area contributed by atoms with Gasteiger partial charge in [-0.25, -0.2) is 4.98 Å². The van der Waals surface area contributed by atoms with Crippen LogP contribution < -0.4 is 5.32 Å². The van der Waals surface area contributed by atoms with Gasteiger partial charge in [-0.2, -0.15) is 0 Å². The fourth-order valence-corrected chi connectivity index (χ4v) is 3.83. The van der Waals surface area contributed by atoms with Crippen molar-refractivity contribution in [1.29, 1.82) is 0 Å². The first-order valence-corrected chi connectivity index (χ1v) is 8.29. The van der Waals surface area contributed by atoms with Crippen LogP contribution in [0.1, 0.15) is 62.9 Å². The van der Waals surface area contributed by atoms with Gasteiger partial charge in [-0.1, -0.05) is 19.3 Å². The van der Waals surface area contributed by atoms with E-state index in [2.05, 4.69) is 10.3 Å². The molecule has 0 spiro atoms. The summed E-state index contributed by atoms with van der Waals surface area (Å²) in [5.74, 6) is -0.876. The zero-order chi connectivity index (χ0) is 15.3. The number of carbonyl (C=O) groups excluding carboxylic acids is 1. The third-order valence-electron chi connectivity index (χ3n) is 4.18. The Morgan fingerprint density at radius 3 is 2.67 bits per heavy atom. The molecule has 1 heterocycles. The third kappa shape index (κ3) is 4.52. The molecule has 1 unspecified atom stereocenters. The number of nitrogens with one attached hydrogen (secondary N) is 1. The van der Waals surface area contributed by atoms with Gasteiger partial charge in [0, 0.05) is 18.0 Å². The second-order valence-electron chi connectivity index (χ2n) is 5.97. The molecule has 1 aromatic heterocycles. The number of hydrogen-bond acceptors (Lipinski definition) is 4. The Kier molecular flexibility index (Phi) is 5.33. The van der Waals surface area contributed by atoms with Crippen molar-refractivity contribution in [2.24, 2.45) is 5.41 Å². The van der Waals surface area contributed by atoms with Gasteiger partial charge in [-0.05, 0) is 25.2 Å². The first-order valence-electron chi connectivity index (χ1n) is 7.41. The lowest BCUT2D eigenvalue weighted by molar-refractivity contribution is -0.141. The first-order chi connectivity index (χ1) is 10.0. The molecule has 6 heteroatoms. The first kappa shape index (κ1) is 15.9. The van der Waals surface area contributed by atoms with Crippen LogP contribution in [0.5, 0.6) is 0 Å². The van der Waals surface area contributed by atoms with Gasteiger partial charge in [0.05, 0.1) is 12.5 Å². The molecule has 21 heavy (non-hydrogen) atoms. The van der Waals surface area contributed by atoms with Gasteiger partial charge in [0.25, 0.3) is 0 Å². The zero-order valence-corrected chi connectivity index (χ0v) is 13.1. The molecule has 2 rings (SSSR count). The molecule has 2 N–H and O–H groups in total. The number of amides is 1. The van der Waals surface area contributed by atoms with Crippen molar-refractivity contribution in [2.45, 2.75) is 57.9 Å². The number of carboxylic acids is 1. The molecule has 116 valence electrons. The number of rotatable bonds is 6. The largest absolute Gasteiger partial charge is 0.481 e. The SMILES string of the molecule is CC(NC(=O)CC1(CC(=O)O)CCCCC1)c1nccs1. The number of aliphatic carboxylic acids is 1. The second-order valence-corrected chi connectivity index (χ2v) is 6.89. The van der Waals surface area contributed by atoms with Gasteiger partial charge < -0.3 is 10.4 Å². The van der Waals surface area contributed by atoms with E-state index < -0.39 is 5.97 Å². The van der Waals surface area contributed by atoms with Crippen molar-refractivity contribution in [1.82, 2.24) is 10.3 Å². The topological polar surface area (TPSA) is 79.3 Å². The van der Waals surface area contributed by atoms with Crippen LogP contribution in [0.2, 0.25) is 0 Å². The summed E-state index contributed by atoms with van der Waals surface area (Å²) < 4.78 is 0. The predicted molar refractivity (Wildman–Crippen MR) is 81.1 cm³/mol. The maximum absolute atomic E-state index is 12.3. The van der Waals surface area contributed by atoms with E-state index in [0.29, 0.717) is 6.42 Å². The van der Waals surface area contributed by atoms with Crippen LogP contribution >= 0.6 is 11.3 Å². The summed E-state index contributed by atoms with van der Waals surface area (Å²) in [6.07, 6.45) is 6.94. The summed E-state index contributed by atoms with van der Waals surface area (Å²) in [6, 6.07) is -0.122. The Morgan fingerprint density at radius 2 is 2.10 bits per heavy atom. The average molecular weight is 310 g/mol.